The van der Waals surface area contributed by atoms with Crippen molar-refractivity contribution in [2.75, 3.05) is 25.2 Å². The Kier molecular flexibility index (Phi) is 4.26. The molecule has 11 heavy (non-hydrogen) atoms. The Labute approximate surface area is 72.9 Å². The van der Waals surface area contributed by atoms with Gasteiger partial charge in [-0.15, -0.1) is 0 Å². The number of methoxy groups -OCH3 is 1. The lowest BCUT2D eigenvalue weighted by atomic mass is 10.2. The molecule has 0 aromatic rings. The fourth-order valence-corrected chi connectivity index (χ4v) is 2.02. The maximum absolute atomic E-state index is 5.90. The van der Waals surface area contributed by atoms with Gasteiger partial charge in [0.1, 0.15) is 0 Å². The Morgan fingerprint density at radius 2 is 2.36 bits per heavy atom. The van der Waals surface area contributed by atoms with Crippen molar-refractivity contribution in [1.29, 1.82) is 0 Å². The molecule has 3 heteroatoms. The zero-order valence-corrected chi connectivity index (χ0v) is 7.90. The van der Waals surface area contributed by atoms with Crippen molar-refractivity contribution in [1.82, 2.24) is 0 Å². The highest BCUT2D eigenvalue weighted by molar-refractivity contribution is 7.99. The monoisotopic (exact) mass is 175 g/mol. The minimum Gasteiger partial charge on any atom is -0.384 e. The largest absolute Gasteiger partial charge is 0.384 e. The van der Waals surface area contributed by atoms with Gasteiger partial charge < -0.3 is 10.5 Å². The van der Waals surface area contributed by atoms with Crippen LogP contribution in [0.25, 0.3) is 0 Å². The number of thioether (sulfide) groups is 1. The normalized spacial score (nSPS) is 20.2. The molecule has 1 saturated carbocycles. The first-order valence-electron chi connectivity index (χ1n) is 4.17. The van der Waals surface area contributed by atoms with Crippen LogP contribution in [-0.4, -0.2) is 31.3 Å². The fraction of sp³-hybridized carbons (Fsp3) is 1.00. The van der Waals surface area contributed by atoms with Crippen molar-refractivity contribution in [3.63, 3.8) is 0 Å². The predicted octanol–water partition coefficient (Wildman–Crippen LogP) is 1.10. The van der Waals surface area contributed by atoms with Crippen LogP contribution in [0.2, 0.25) is 0 Å². The van der Waals surface area contributed by atoms with Crippen LogP contribution in [0.4, 0.5) is 0 Å². The molecule has 1 unspecified atom stereocenters. The van der Waals surface area contributed by atoms with E-state index in [2.05, 4.69) is 0 Å². The van der Waals surface area contributed by atoms with E-state index < -0.39 is 0 Å². The number of hydrogen-bond donors (Lipinski definition) is 1. The molecule has 0 aromatic heterocycles. The lowest BCUT2D eigenvalue weighted by Gasteiger charge is -2.08. The van der Waals surface area contributed by atoms with E-state index >= 15 is 0 Å². The van der Waals surface area contributed by atoms with Gasteiger partial charge in [-0.25, -0.2) is 0 Å². The summed E-state index contributed by atoms with van der Waals surface area (Å²) in [6.45, 7) is 0.849. The third kappa shape index (κ3) is 3.99. The summed E-state index contributed by atoms with van der Waals surface area (Å²) < 4.78 is 4.94. The molecular weight excluding hydrogens is 158 g/mol. The fourth-order valence-electron chi connectivity index (χ4n) is 1.02. The van der Waals surface area contributed by atoms with Gasteiger partial charge in [0.25, 0.3) is 0 Å². The molecule has 0 amide bonds. The second-order valence-electron chi connectivity index (χ2n) is 3.07. The summed E-state index contributed by atoms with van der Waals surface area (Å²) in [6.07, 6.45) is 2.71. The lowest BCUT2D eigenvalue weighted by molar-refractivity contribution is 0.218. The van der Waals surface area contributed by atoms with Gasteiger partial charge >= 0.3 is 0 Å². The van der Waals surface area contributed by atoms with Crippen LogP contribution in [-0.2, 0) is 4.74 Å². The molecule has 0 radical (unpaired) electrons. The van der Waals surface area contributed by atoms with Gasteiger partial charge in [-0.3, -0.25) is 0 Å². The summed E-state index contributed by atoms with van der Waals surface area (Å²) in [5.41, 5.74) is 5.90. The molecule has 0 spiro atoms. The van der Waals surface area contributed by atoms with Gasteiger partial charge in [0.15, 0.2) is 0 Å². The van der Waals surface area contributed by atoms with Crippen molar-refractivity contribution in [3.8, 4) is 0 Å². The maximum Gasteiger partial charge on any atom is 0.0552 e. The summed E-state index contributed by atoms with van der Waals surface area (Å²) in [6, 6.07) is 0.442. The quantitative estimate of drug-likeness (QED) is 0.614. The van der Waals surface area contributed by atoms with Crippen molar-refractivity contribution >= 4 is 11.8 Å². The van der Waals surface area contributed by atoms with Crippen molar-refractivity contribution < 1.29 is 4.74 Å². The van der Waals surface area contributed by atoms with Crippen molar-refractivity contribution in [2.45, 2.75) is 18.9 Å². The average molecular weight is 175 g/mol. The first-order valence-corrected chi connectivity index (χ1v) is 5.32. The Morgan fingerprint density at radius 3 is 2.91 bits per heavy atom. The molecule has 1 fully saturated rings. The number of ether oxygens (including phenoxy) is 1. The predicted molar refractivity (Wildman–Crippen MR) is 49.9 cm³/mol. The summed E-state index contributed by atoms with van der Waals surface area (Å²) >= 11 is 1.90. The molecule has 1 aliphatic carbocycles. The van der Waals surface area contributed by atoms with E-state index in [0.29, 0.717) is 6.04 Å². The number of nitrogens with two attached hydrogens (primary N) is 1. The van der Waals surface area contributed by atoms with Crippen LogP contribution in [0.5, 0.6) is 0 Å². The van der Waals surface area contributed by atoms with Gasteiger partial charge in [0.2, 0.25) is 0 Å². The van der Waals surface area contributed by atoms with Crippen molar-refractivity contribution in [2.24, 2.45) is 11.7 Å². The van der Waals surface area contributed by atoms with Gasteiger partial charge in [-0.2, -0.15) is 11.8 Å². The van der Waals surface area contributed by atoms with Crippen LogP contribution in [0, 0.1) is 5.92 Å². The van der Waals surface area contributed by atoms with Crippen molar-refractivity contribution in [3.05, 3.63) is 0 Å². The lowest BCUT2D eigenvalue weighted by Crippen LogP contribution is -2.25. The van der Waals surface area contributed by atoms with E-state index in [0.717, 1.165) is 24.0 Å². The third-order valence-electron chi connectivity index (χ3n) is 1.97. The summed E-state index contributed by atoms with van der Waals surface area (Å²) in [5.74, 6) is 3.02. The second kappa shape index (κ2) is 5.01. The Bertz CT molecular complexity index is 106. The summed E-state index contributed by atoms with van der Waals surface area (Å²) in [5, 5.41) is 0. The molecular formula is C8H17NOS. The molecule has 1 atom stereocenters. The minimum absolute atomic E-state index is 0.442. The van der Waals surface area contributed by atoms with Crippen LogP contribution >= 0.6 is 11.8 Å². The molecule has 66 valence electrons. The van der Waals surface area contributed by atoms with Crippen LogP contribution in [0.15, 0.2) is 0 Å². The molecule has 0 bridgehead atoms. The Morgan fingerprint density at radius 1 is 1.64 bits per heavy atom. The van der Waals surface area contributed by atoms with Gasteiger partial charge in [-0.1, -0.05) is 0 Å². The van der Waals surface area contributed by atoms with E-state index in [1.54, 1.807) is 7.11 Å². The highest BCUT2D eigenvalue weighted by atomic mass is 32.2. The number of hydrogen-bond acceptors (Lipinski definition) is 3. The van der Waals surface area contributed by atoms with E-state index in [-0.39, 0.29) is 0 Å². The van der Waals surface area contributed by atoms with Crippen LogP contribution in [0.1, 0.15) is 12.8 Å². The zero-order chi connectivity index (χ0) is 8.10. The highest BCUT2D eigenvalue weighted by Gasteiger charge is 2.27. The molecule has 1 aliphatic rings. The summed E-state index contributed by atoms with van der Waals surface area (Å²) in [7, 11) is 1.74. The Balaban J connectivity index is 1.85. The maximum atomic E-state index is 5.90. The van der Waals surface area contributed by atoms with Gasteiger partial charge in [-0.05, 0) is 18.8 Å². The molecule has 0 aromatic carbocycles. The first kappa shape index (κ1) is 9.36. The van der Waals surface area contributed by atoms with Gasteiger partial charge in [0, 0.05) is 24.7 Å². The van der Waals surface area contributed by atoms with Gasteiger partial charge in [0.05, 0.1) is 6.61 Å². The molecule has 0 heterocycles. The van der Waals surface area contributed by atoms with Crippen LogP contribution in [0.3, 0.4) is 0 Å². The van der Waals surface area contributed by atoms with E-state index in [1.807, 2.05) is 11.8 Å². The molecule has 2 N–H and O–H groups in total. The minimum atomic E-state index is 0.442. The third-order valence-corrected chi connectivity index (χ3v) is 3.05. The second-order valence-corrected chi connectivity index (χ2v) is 4.22. The molecule has 1 rings (SSSR count). The zero-order valence-electron chi connectivity index (χ0n) is 7.08. The molecule has 0 saturated heterocycles. The van der Waals surface area contributed by atoms with E-state index in [4.69, 9.17) is 10.5 Å². The average Bonchev–Trinajstić information content (AvgIpc) is 2.79. The number of rotatable bonds is 6. The molecule has 2 nitrogen and oxygen atoms in total. The summed E-state index contributed by atoms with van der Waals surface area (Å²) in [4.78, 5) is 0. The standard InChI is InChI=1S/C8H17NOS/c1-10-4-5-11-6-8(9)7-2-3-7/h7-8H,2-6,9H2,1H3. The topological polar surface area (TPSA) is 35.2 Å². The Hall–Kier alpha value is 0.270. The SMILES string of the molecule is COCCSCC(N)C1CC1. The first-order chi connectivity index (χ1) is 5.34. The molecule has 0 aliphatic heterocycles. The van der Waals surface area contributed by atoms with E-state index in [9.17, 15) is 0 Å². The van der Waals surface area contributed by atoms with E-state index in [1.165, 1.54) is 12.8 Å². The van der Waals surface area contributed by atoms with Crippen LogP contribution < -0.4 is 5.73 Å². The highest BCUT2D eigenvalue weighted by Crippen LogP contribution is 2.32. The smallest absolute Gasteiger partial charge is 0.0552 e.